The van der Waals surface area contributed by atoms with Crippen LogP contribution in [0.5, 0.6) is 0 Å². The minimum Gasteiger partial charge on any atom is -0.338 e. The van der Waals surface area contributed by atoms with Crippen LogP contribution in [0.25, 0.3) is 0 Å². The smallest absolute Gasteiger partial charge is 0.317 e. The lowest BCUT2D eigenvalue weighted by molar-refractivity contribution is 0.116. The van der Waals surface area contributed by atoms with Gasteiger partial charge in [-0.25, -0.2) is 13.2 Å². The second-order valence-electron chi connectivity index (χ2n) is 5.31. The summed E-state index contributed by atoms with van der Waals surface area (Å²) in [7, 11) is -2.82. The molecular weight excluding hydrogens is 266 g/mol. The van der Waals surface area contributed by atoms with Crippen molar-refractivity contribution < 1.29 is 13.2 Å². The molecule has 0 aromatic heterocycles. The lowest BCUT2D eigenvalue weighted by Crippen LogP contribution is -2.54. The molecule has 1 unspecified atom stereocenters. The van der Waals surface area contributed by atoms with Gasteiger partial charge in [0.25, 0.3) is 0 Å². The highest BCUT2D eigenvalue weighted by Gasteiger charge is 2.34. The Labute approximate surface area is 115 Å². The van der Waals surface area contributed by atoms with E-state index in [-0.39, 0.29) is 17.8 Å². The first-order valence-electron chi connectivity index (χ1n) is 6.99. The molecule has 19 heavy (non-hydrogen) atoms. The number of piperazine rings is 1. The summed E-state index contributed by atoms with van der Waals surface area (Å²) in [5.74, 6) is 0.601. The summed E-state index contributed by atoms with van der Waals surface area (Å²) in [6.45, 7) is 5.66. The number of urea groups is 1. The number of carbonyl (C=O) groups is 1. The second-order valence-corrected chi connectivity index (χ2v) is 7.54. The Morgan fingerprint density at radius 3 is 2.47 bits per heavy atom. The van der Waals surface area contributed by atoms with Crippen molar-refractivity contribution in [3.05, 3.63) is 0 Å². The zero-order valence-corrected chi connectivity index (χ0v) is 12.3. The van der Waals surface area contributed by atoms with Crippen LogP contribution in [0.1, 0.15) is 19.8 Å². The van der Waals surface area contributed by atoms with Crippen LogP contribution in [0.2, 0.25) is 0 Å². The molecule has 6 nitrogen and oxygen atoms in total. The molecule has 2 fully saturated rings. The Balaban J connectivity index is 1.78. The van der Waals surface area contributed by atoms with E-state index in [1.54, 1.807) is 0 Å². The molecule has 2 saturated heterocycles. The van der Waals surface area contributed by atoms with E-state index in [9.17, 15) is 13.2 Å². The van der Waals surface area contributed by atoms with Gasteiger partial charge < -0.3 is 10.2 Å². The molecule has 2 heterocycles. The summed E-state index contributed by atoms with van der Waals surface area (Å²) in [6, 6.07) is 0.159. The van der Waals surface area contributed by atoms with Crippen LogP contribution < -0.4 is 5.32 Å². The average Bonchev–Trinajstić information content (AvgIpc) is 2.76. The maximum Gasteiger partial charge on any atom is 0.317 e. The van der Waals surface area contributed by atoms with Crippen LogP contribution in [-0.2, 0) is 9.84 Å². The maximum atomic E-state index is 11.8. The van der Waals surface area contributed by atoms with Gasteiger partial charge >= 0.3 is 6.03 Å². The van der Waals surface area contributed by atoms with E-state index in [4.69, 9.17) is 0 Å². The molecule has 0 aromatic carbocycles. The van der Waals surface area contributed by atoms with E-state index < -0.39 is 9.84 Å². The first-order valence-corrected chi connectivity index (χ1v) is 8.81. The highest BCUT2D eigenvalue weighted by atomic mass is 32.2. The first-order chi connectivity index (χ1) is 9.02. The average molecular weight is 289 g/mol. The van der Waals surface area contributed by atoms with Gasteiger partial charge in [-0.2, -0.15) is 0 Å². The lowest BCUT2D eigenvalue weighted by atomic mass is 10.2. The lowest BCUT2D eigenvalue weighted by Gasteiger charge is -2.37. The normalized spacial score (nSPS) is 27.4. The van der Waals surface area contributed by atoms with Gasteiger partial charge in [0.05, 0.1) is 11.5 Å². The summed E-state index contributed by atoms with van der Waals surface area (Å²) in [5, 5.41) is 2.87. The summed E-state index contributed by atoms with van der Waals surface area (Å²) < 4.78 is 22.9. The highest BCUT2D eigenvalue weighted by molar-refractivity contribution is 7.91. The summed E-state index contributed by atoms with van der Waals surface area (Å²) in [5.41, 5.74) is 0. The van der Waals surface area contributed by atoms with Crippen molar-refractivity contribution in [1.29, 1.82) is 0 Å². The zero-order chi connectivity index (χ0) is 13.9. The fraction of sp³-hybridized carbons (Fsp3) is 0.917. The van der Waals surface area contributed by atoms with Crippen LogP contribution in [-0.4, -0.2) is 74.5 Å². The largest absolute Gasteiger partial charge is 0.338 e. The molecule has 2 aliphatic heterocycles. The number of nitrogens with one attached hydrogen (secondary N) is 1. The number of amides is 2. The van der Waals surface area contributed by atoms with E-state index in [1.807, 2.05) is 11.8 Å². The Kier molecular flexibility index (Phi) is 4.67. The number of rotatable bonds is 3. The molecule has 0 aliphatic carbocycles. The maximum absolute atomic E-state index is 11.8. The SMILES string of the molecule is CCCNC(=O)N1CCN(C2CCS(=O)(=O)C2)CC1. The monoisotopic (exact) mass is 289 g/mol. The zero-order valence-electron chi connectivity index (χ0n) is 11.5. The summed E-state index contributed by atoms with van der Waals surface area (Å²) in [4.78, 5) is 15.8. The number of hydrogen-bond acceptors (Lipinski definition) is 4. The van der Waals surface area contributed by atoms with Gasteiger partial charge in [0.15, 0.2) is 9.84 Å². The van der Waals surface area contributed by atoms with Gasteiger partial charge in [-0.05, 0) is 12.8 Å². The third-order valence-electron chi connectivity index (χ3n) is 3.85. The summed E-state index contributed by atoms with van der Waals surface area (Å²) >= 11 is 0. The molecular formula is C12H23N3O3S. The third kappa shape index (κ3) is 3.82. The van der Waals surface area contributed by atoms with E-state index in [1.165, 1.54) is 0 Å². The van der Waals surface area contributed by atoms with E-state index >= 15 is 0 Å². The van der Waals surface area contributed by atoms with Gasteiger partial charge in [0.2, 0.25) is 0 Å². The fourth-order valence-electron chi connectivity index (χ4n) is 2.70. The molecule has 0 saturated carbocycles. The number of carbonyl (C=O) groups excluding carboxylic acids is 1. The van der Waals surface area contributed by atoms with E-state index in [0.717, 1.165) is 25.9 Å². The third-order valence-corrected chi connectivity index (χ3v) is 5.60. The van der Waals surface area contributed by atoms with E-state index in [2.05, 4.69) is 10.2 Å². The van der Waals surface area contributed by atoms with Gasteiger partial charge in [-0.1, -0.05) is 6.92 Å². The Bertz CT molecular complexity index is 416. The molecule has 0 aromatic rings. The van der Waals surface area contributed by atoms with Crippen molar-refractivity contribution in [2.45, 2.75) is 25.8 Å². The van der Waals surface area contributed by atoms with Crippen LogP contribution in [0, 0.1) is 0 Å². The standard InChI is InChI=1S/C12H23N3O3S/c1-2-4-13-12(16)15-7-5-14(6-8-15)11-3-9-19(17,18)10-11/h11H,2-10H2,1H3,(H,13,16). The van der Waals surface area contributed by atoms with Gasteiger partial charge in [-0.3, -0.25) is 4.90 Å². The van der Waals surface area contributed by atoms with Gasteiger partial charge in [0.1, 0.15) is 0 Å². The number of nitrogens with zero attached hydrogens (tertiary/aromatic N) is 2. The molecule has 7 heteroatoms. The second kappa shape index (κ2) is 6.09. The molecule has 0 radical (unpaired) electrons. The molecule has 2 rings (SSSR count). The minimum absolute atomic E-state index is 0.000503. The molecule has 0 spiro atoms. The predicted octanol–water partition coefficient (Wildman–Crippen LogP) is -0.0893. The van der Waals surface area contributed by atoms with E-state index in [0.29, 0.717) is 25.4 Å². The quantitative estimate of drug-likeness (QED) is 0.788. The minimum atomic E-state index is -2.82. The Morgan fingerprint density at radius 2 is 1.95 bits per heavy atom. The van der Waals surface area contributed by atoms with Crippen molar-refractivity contribution in [2.24, 2.45) is 0 Å². The Hall–Kier alpha value is -0.820. The van der Waals surface area contributed by atoms with Crippen LogP contribution >= 0.6 is 0 Å². The van der Waals surface area contributed by atoms with Crippen molar-refractivity contribution >= 4 is 15.9 Å². The van der Waals surface area contributed by atoms with Crippen molar-refractivity contribution in [2.75, 3.05) is 44.2 Å². The van der Waals surface area contributed by atoms with Crippen LogP contribution in [0.4, 0.5) is 4.79 Å². The summed E-state index contributed by atoms with van der Waals surface area (Å²) in [6.07, 6.45) is 1.68. The fourth-order valence-corrected chi connectivity index (χ4v) is 4.46. The Morgan fingerprint density at radius 1 is 1.26 bits per heavy atom. The molecule has 110 valence electrons. The number of hydrogen-bond donors (Lipinski definition) is 1. The van der Waals surface area contributed by atoms with Crippen LogP contribution in [0.15, 0.2) is 0 Å². The molecule has 1 N–H and O–H groups in total. The molecule has 0 bridgehead atoms. The van der Waals surface area contributed by atoms with Crippen LogP contribution in [0.3, 0.4) is 0 Å². The van der Waals surface area contributed by atoms with Crippen molar-refractivity contribution in [1.82, 2.24) is 15.1 Å². The molecule has 2 aliphatic rings. The van der Waals surface area contributed by atoms with Crippen molar-refractivity contribution in [3.8, 4) is 0 Å². The predicted molar refractivity (Wildman–Crippen MR) is 73.9 cm³/mol. The first kappa shape index (κ1) is 14.6. The molecule has 1 atom stereocenters. The highest BCUT2D eigenvalue weighted by Crippen LogP contribution is 2.19. The topological polar surface area (TPSA) is 69.7 Å². The molecule has 2 amide bonds. The van der Waals surface area contributed by atoms with Gasteiger partial charge in [-0.15, -0.1) is 0 Å². The number of sulfone groups is 1. The van der Waals surface area contributed by atoms with Gasteiger partial charge in [0, 0.05) is 38.8 Å². The van der Waals surface area contributed by atoms with Crippen molar-refractivity contribution in [3.63, 3.8) is 0 Å².